The number of rotatable bonds is 3. The molecule has 0 aromatic rings. The molecule has 0 amide bonds. The second kappa shape index (κ2) is 5.68. The van der Waals surface area contributed by atoms with Crippen LogP contribution in [0.5, 0.6) is 0 Å². The van der Waals surface area contributed by atoms with Crippen LogP contribution in [0, 0.1) is 5.41 Å². The second-order valence-corrected chi connectivity index (χ2v) is 6.92. The Morgan fingerprint density at radius 1 is 1.24 bits per heavy atom. The van der Waals surface area contributed by atoms with Gasteiger partial charge >= 0.3 is 0 Å². The van der Waals surface area contributed by atoms with E-state index in [4.69, 9.17) is 4.74 Å². The van der Waals surface area contributed by atoms with Crippen LogP contribution in [-0.2, 0) is 4.74 Å². The number of hydrogen-bond donors (Lipinski definition) is 1. The lowest BCUT2D eigenvalue weighted by atomic mass is 9.86. The molecule has 102 valence electrons. The fourth-order valence-electron chi connectivity index (χ4n) is 2.50. The minimum Gasteiger partial charge on any atom is -0.383 e. The monoisotopic (exact) mass is 242 g/mol. The Labute approximate surface area is 107 Å². The smallest absolute Gasteiger partial charge is 0.0641 e. The largest absolute Gasteiger partial charge is 0.383 e. The van der Waals surface area contributed by atoms with Crippen molar-refractivity contribution < 1.29 is 4.74 Å². The maximum absolute atomic E-state index is 5.36. The van der Waals surface area contributed by atoms with Gasteiger partial charge in [0.05, 0.1) is 6.61 Å². The third-order valence-electron chi connectivity index (χ3n) is 3.80. The topological polar surface area (TPSA) is 24.5 Å². The van der Waals surface area contributed by atoms with Crippen molar-refractivity contribution in [2.45, 2.75) is 52.6 Å². The Bertz CT molecular complexity index is 233. The maximum atomic E-state index is 5.36. The third kappa shape index (κ3) is 4.23. The predicted octanol–water partition coefficient (Wildman–Crippen LogP) is 2.12. The molecule has 1 rings (SSSR count). The van der Waals surface area contributed by atoms with E-state index in [-0.39, 0.29) is 5.54 Å². The summed E-state index contributed by atoms with van der Waals surface area (Å²) in [5.74, 6) is 0. The molecule has 1 atom stereocenters. The van der Waals surface area contributed by atoms with Crippen molar-refractivity contribution in [2.24, 2.45) is 5.41 Å². The van der Waals surface area contributed by atoms with Gasteiger partial charge in [-0.2, -0.15) is 0 Å². The molecule has 0 bridgehead atoms. The van der Waals surface area contributed by atoms with Gasteiger partial charge in [-0.05, 0) is 32.2 Å². The summed E-state index contributed by atoms with van der Waals surface area (Å²) < 4.78 is 5.36. The van der Waals surface area contributed by atoms with Crippen molar-refractivity contribution in [1.82, 2.24) is 10.2 Å². The van der Waals surface area contributed by atoms with Gasteiger partial charge in [-0.15, -0.1) is 0 Å². The van der Waals surface area contributed by atoms with E-state index in [1.807, 2.05) is 0 Å². The molecule has 1 N–H and O–H groups in total. The highest BCUT2D eigenvalue weighted by Crippen LogP contribution is 2.25. The minimum absolute atomic E-state index is 0.129. The first kappa shape index (κ1) is 14.9. The van der Waals surface area contributed by atoms with Crippen LogP contribution in [0.1, 0.15) is 41.0 Å². The molecule has 1 fully saturated rings. The van der Waals surface area contributed by atoms with Gasteiger partial charge in [0.25, 0.3) is 0 Å². The molecule has 3 nitrogen and oxygen atoms in total. The van der Waals surface area contributed by atoms with Gasteiger partial charge in [0.1, 0.15) is 0 Å². The summed E-state index contributed by atoms with van der Waals surface area (Å²) in [5.41, 5.74) is 0.440. The van der Waals surface area contributed by atoms with Crippen LogP contribution in [0.25, 0.3) is 0 Å². The van der Waals surface area contributed by atoms with Crippen LogP contribution in [0.2, 0.25) is 0 Å². The van der Waals surface area contributed by atoms with Gasteiger partial charge in [0, 0.05) is 31.8 Å². The predicted molar refractivity (Wildman–Crippen MR) is 73.4 cm³/mol. The Hall–Kier alpha value is -0.120. The van der Waals surface area contributed by atoms with E-state index < -0.39 is 0 Å². The van der Waals surface area contributed by atoms with Crippen molar-refractivity contribution in [3.8, 4) is 0 Å². The summed E-state index contributed by atoms with van der Waals surface area (Å²) in [6, 6.07) is 0.557. The van der Waals surface area contributed by atoms with E-state index in [0.717, 1.165) is 26.2 Å². The van der Waals surface area contributed by atoms with Gasteiger partial charge in [0.15, 0.2) is 0 Å². The molecule has 1 unspecified atom stereocenters. The molecule has 1 aliphatic rings. The molecule has 0 radical (unpaired) electrons. The quantitative estimate of drug-likeness (QED) is 0.820. The van der Waals surface area contributed by atoms with E-state index in [0.29, 0.717) is 11.5 Å². The van der Waals surface area contributed by atoms with Crippen molar-refractivity contribution in [1.29, 1.82) is 0 Å². The van der Waals surface area contributed by atoms with E-state index in [1.165, 1.54) is 6.42 Å². The van der Waals surface area contributed by atoms with Gasteiger partial charge in [-0.3, -0.25) is 4.90 Å². The molecule has 0 saturated carbocycles. The first-order chi connectivity index (χ1) is 7.77. The third-order valence-corrected chi connectivity index (χ3v) is 3.80. The standard InChI is InChI=1S/C14H30N2O/c1-13(2,3)12-10-16(9-7-8-15-12)14(4,5)11-17-6/h12,15H,7-11H2,1-6H3. The maximum Gasteiger partial charge on any atom is 0.0641 e. The first-order valence-corrected chi connectivity index (χ1v) is 6.75. The highest BCUT2D eigenvalue weighted by Gasteiger charge is 2.34. The molecule has 1 aliphatic heterocycles. The lowest BCUT2D eigenvalue weighted by molar-refractivity contribution is 0.0252. The molecular formula is C14H30N2O. The van der Waals surface area contributed by atoms with Crippen molar-refractivity contribution in [3.63, 3.8) is 0 Å². The Balaban J connectivity index is 2.72. The lowest BCUT2D eigenvalue weighted by Gasteiger charge is -2.41. The molecule has 0 aromatic heterocycles. The van der Waals surface area contributed by atoms with Crippen LogP contribution in [0.15, 0.2) is 0 Å². The number of nitrogens with one attached hydrogen (secondary N) is 1. The van der Waals surface area contributed by atoms with E-state index in [1.54, 1.807) is 7.11 Å². The fraction of sp³-hybridized carbons (Fsp3) is 1.00. The van der Waals surface area contributed by atoms with Gasteiger partial charge < -0.3 is 10.1 Å². The molecular weight excluding hydrogens is 212 g/mol. The molecule has 17 heavy (non-hydrogen) atoms. The van der Waals surface area contributed by atoms with Crippen LogP contribution in [0.3, 0.4) is 0 Å². The molecule has 1 saturated heterocycles. The van der Waals surface area contributed by atoms with Crippen LogP contribution in [-0.4, -0.2) is 49.8 Å². The summed E-state index contributed by atoms with van der Waals surface area (Å²) in [6.07, 6.45) is 1.22. The molecule has 0 aliphatic carbocycles. The van der Waals surface area contributed by atoms with Crippen molar-refractivity contribution in [3.05, 3.63) is 0 Å². The van der Waals surface area contributed by atoms with Crippen molar-refractivity contribution in [2.75, 3.05) is 33.4 Å². The average Bonchev–Trinajstić information content (AvgIpc) is 2.41. The van der Waals surface area contributed by atoms with Crippen molar-refractivity contribution >= 4 is 0 Å². The van der Waals surface area contributed by atoms with Crippen LogP contribution < -0.4 is 5.32 Å². The average molecular weight is 242 g/mol. The normalized spacial score (nSPS) is 24.7. The summed E-state index contributed by atoms with van der Waals surface area (Å²) in [6.45, 7) is 15.7. The fourth-order valence-corrected chi connectivity index (χ4v) is 2.50. The zero-order valence-electron chi connectivity index (χ0n) is 12.5. The summed E-state index contributed by atoms with van der Waals surface area (Å²) in [7, 11) is 1.79. The van der Waals surface area contributed by atoms with Gasteiger partial charge in [0.2, 0.25) is 0 Å². The Kier molecular flexibility index (Phi) is 4.99. The Morgan fingerprint density at radius 2 is 1.88 bits per heavy atom. The number of nitrogens with zero attached hydrogens (tertiary/aromatic N) is 1. The van der Waals surface area contributed by atoms with Gasteiger partial charge in [-0.1, -0.05) is 20.8 Å². The van der Waals surface area contributed by atoms with Crippen LogP contribution in [0.4, 0.5) is 0 Å². The number of hydrogen-bond acceptors (Lipinski definition) is 3. The Morgan fingerprint density at radius 3 is 2.41 bits per heavy atom. The molecule has 0 spiro atoms. The van der Waals surface area contributed by atoms with E-state index in [2.05, 4.69) is 44.8 Å². The number of methoxy groups -OCH3 is 1. The minimum atomic E-state index is 0.129. The van der Waals surface area contributed by atoms with E-state index >= 15 is 0 Å². The highest BCUT2D eigenvalue weighted by atomic mass is 16.5. The van der Waals surface area contributed by atoms with E-state index in [9.17, 15) is 0 Å². The zero-order valence-corrected chi connectivity index (χ0v) is 12.5. The van der Waals surface area contributed by atoms with Crippen LogP contribution >= 0.6 is 0 Å². The highest BCUT2D eigenvalue weighted by molar-refractivity contribution is 4.91. The molecule has 1 heterocycles. The summed E-state index contributed by atoms with van der Waals surface area (Å²) >= 11 is 0. The number of ether oxygens (including phenoxy) is 1. The molecule has 3 heteroatoms. The zero-order chi connectivity index (χ0) is 13.1. The first-order valence-electron chi connectivity index (χ1n) is 6.75. The lowest BCUT2D eigenvalue weighted by Crippen LogP contribution is -2.53. The SMILES string of the molecule is COCC(C)(C)N1CCCNC(C(C)(C)C)C1. The summed E-state index contributed by atoms with van der Waals surface area (Å²) in [4.78, 5) is 2.58. The van der Waals surface area contributed by atoms with Gasteiger partial charge in [-0.25, -0.2) is 0 Å². The summed E-state index contributed by atoms with van der Waals surface area (Å²) in [5, 5.41) is 3.68. The second-order valence-electron chi connectivity index (χ2n) is 6.92. The molecule has 0 aromatic carbocycles.